The molecule has 2 aromatic rings. The van der Waals surface area contributed by atoms with E-state index in [1.165, 1.54) is 0 Å². The van der Waals surface area contributed by atoms with Gasteiger partial charge >= 0.3 is 0 Å². The molecule has 0 spiro atoms. The largest absolute Gasteiger partial charge is 0.239 e. The number of halogens is 3. The Hall–Kier alpha value is -1.02. The van der Waals surface area contributed by atoms with Crippen molar-refractivity contribution in [2.45, 2.75) is 17.7 Å². The Labute approximate surface area is 133 Å². The molecular formula is C16H12Cl3N. The Kier molecular flexibility index (Phi) is 3.76. The summed E-state index contributed by atoms with van der Waals surface area (Å²) in [6.07, 6.45) is 1.47. The zero-order valence-corrected chi connectivity index (χ0v) is 12.9. The Morgan fingerprint density at radius 2 is 1.65 bits per heavy atom. The summed E-state index contributed by atoms with van der Waals surface area (Å²) in [7, 11) is 0. The van der Waals surface area contributed by atoms with Crippen LogP contribution in [0.15, 0.2) is 53.5 Å². The van der Waals surface area contributed by atoms with E-state index in [9.17, 15) is 0 Å². The molecule has 1 aliphatic heterocycles. The highest BCUT2D eigenvalue weighted by molar-refractivity contribution is 6.72. The van der Waals surface area contributed by atoms with Crippen LogP contribution < -0.4 is 0 Å². The fourth-order valence-corrected chi connectivity index (χ4v) is 3.40. The van der Waals surface area contributed by atoms with Gasteiger partial charge in [-0.05, 0) is 36.1 Å². The average molecular weight is 325 g/mol. The Morgan fingerprint density at radius 1 is 0.950 bits per heavy atom. The van der Waals surface area contributed by atoms with Crippen LogP contribution >= 0.6 is 34.8 Å². The van der Waals surface area contributed by atoms with Gasteiger partial charge < -0.3 is 0 Å². The van der Waals surface area contributed by atoms with Gasteiger partial charge in [0.25, 0.3) is 0 Å². The molecule has 102 valence electrons. The van der Waals surface area contributed by atoms with Crippen LogP contribution in [0.1, 0.15) is 17.5 Å². The lowest BCUT2D eigenvalue weighted by atomic mass is 9.93. The van der Waals surface area contributed by atoms with E-state index in [2.05, 4.69) is 11.1 Å². The number of hydrogen-bond donors (Lipinski definition) is 0. The first-order chi connectivity index (χ1) is 9.61. The molecule has 20 heavy (non-hydrogen) atoms. The number of fused-ring (bicyclic) bond motifs is 1. The van der Waals surface area contributed by atoms with Crippen molar-refractivity contribution in [2.24, 2.45) is 4.99 Å². The summed E-state index contributed by atoms with van der Waals surface area (Å²) in [5.74, 6) is 0. The van der Waals surface area contributed by atoms with Crippen LogP contribution in [0.25, 0.3) is 0 Å². The van der Waals surface area contributed by atoms with Gasteiger partial charge in [0.2, 0.25) is 0 Å². The number of aryl methyl sites for hydroxylation is 1. The normalized spacial score (nSPS) is 21.9. The van der Waals surface area contributed by atoms with Crippen LogP contribution in [0, 0.1) is 0 Å². The molecule has 1 nitrogen and oxygen atoms in total. The second-order valence-corrected chi connectivity index (χ2v) is 6.22. The summed E-state index contributed by atoms with van der Waals surface area (Å²) in [5.41, 5.74) is 2.84. The predicted molar refractivity (Wildman–Crippen MR) is 86.7 cm³/mol. The minimum absolute atomic E-state index is 0.372. The first-order valence-corrected chi connectivity index (χ1v) is 7.51. The SMILES string of the molecule is ClC1=Nc2ccccc2CCC1(Cl)c1ccccc1Cl. The van der Waals surface area contributed by atoms with Crippen molar-refractivity contribution in [2.75, 3.05) is 0 Å². The number of hydrogen-bond acceptors (Lipinski definition) is 1. The van der Waals surface area contributed by atoms with E-state index in [0.717, 1.165) is 23.2 Å². The first kappa shape index (κ1) is 13.9. The van der Waals surface area contributed by atoms with E-state index >= 15 is 0 Å². The predicted octanol–water partition coefficient (Wildman–Crippen LogP) is 5.69. The lowest BCUT2D eigenvalue weighted by Crippen LogP contribution is -2.26. The second-order valence-electron chi connectivity index (χ2n) is 4.81. The van der Waals surface area contributed by atoms with Crippen molar-refractivity contribution in [3.05, 3.63) is 64.7 Å². The average Bonchev–Trinajstić information content (AvgIpc) is 2.58. The number of nitrogens with zero attached hydrogens (tertiary/aromatic N) is 1. The van der Waals surface area contributed by atoms with Crippen LogP contribution in [-0.2, 0) is 11.3 Å². The molecule has 1 heterocycles. The number of alkyl halides is 1. The highest BCUT2D eigenvalue weighted by Crippen LogP contribution is 2.44. The van der Waals surface area contributed by atoms with Gasteiger partial charge in [-0.1, -0.05) is 59.6 Å². The van der Waals surface area contributed by atoms with Crippen LogP contribution in [0.2, 0.25) is 5.02 Å². The fourth-order valence-electron chi connectivity index (χ4n) is 2.46. The maximum absolute atomic E-state index is 6.80. The van der Waals surface area contributed by atoms with Gasteiger partial charge in [0.15, 0.2) is 0 Å². The third-order valence-electron chi connectivity index (χ3n) is 3.58. The zero-order chi connectivity index (χ0) is 14.2. The van der Waals surface area contributed by atoms with Crippen molar-refractivity contribution in [1.29, 1.82) is 0 Å². The maximum Gasteiger partial charge on any atom is 0.132 e. The van der Waals surface area contributed by atoms with Gasteiger partial charge in [-0.2, -0.15) is 0 Å². The molecule has 1 aliphatic rings. The van der Waals surface area contributed by atoms with Crippen LogP contribution in [0.4, 0.5) is 5.69 Å². The molecule has 0 saturated carbocycles. The maximum atomic E-state index is 6.80. The van der Waals surface area contributed by atoms with Gasteiger partial charge in [-0.25, -0.2) is 4.99 Å². The monoisotopic (exact) mass is 323 g/mol. The first-order valence-electron chi connectivity index (χ1n) is 6.38. The summed E-state index contributed by atoms with van der Waals surface area (Å²) >= 11 is 19.5. The van der Waals surface area contributed by atoms with Gasteiger partial charge in [-0.3, -0.25) is 0 Å². The Balaban J connectivity index is 2.11. The molecule has 0 fully saturated rings. The molecule has 1 unspecified atom stereocenters. The van der Waals surface area contributed by atoms with Crippen molar-refractivity contribution in [3.8, 4) is 0 Å². The van der Waals surface area contributed by atoms with Gasteiger partial charge in [0.05, 0.1) is 5.69 Å². The molecule has 0 radical (unpaired) electrons. The van der Waals surface area contributed by atoms with E-state index < -0.39 is 4.87 Å². The summed E-state index contributed by atoms with van der Waals surface area (Å²) in [5, 5.41) is 0.985. The van der Waals surface area contributed by atoms with E-state index in [-0.39, 0.29) is 0 Å². The summed E-state index contributed by atoms with van der Waals surface area (Å²) < 4.78 is 0. The van der Waals surface area contributed by atoms with Gasteiger partial charge in [0.1, 0.15) is 10.0 Å². The highest BCUT2D eigenvalue weighted by Gasteiger charge is 2.38. The highest BCUT2D eigenvalue weighted by atomic mass is 35.5. The zero-order valence-electron chi connectivity index (χ0n) is 10.6. The minimum atomic E-state index is -0.862. The standard InChI is InChI=1S/C16H12Cl3N/c17-13-7-3-2-6-12(13)16(19)10-9-11-5-1-4-8-14(11)20-15(16)18/h1-8H,9-10H2. The van der Waals surface area contributed by atoms with E-state index in [1.54, 1.807) is 0 Å². The summed E-state index contributed by atoms with van der Waals surface area (Å²) in [6, 6.07) is 15.5. The number of para-hydroxylation sites is 1. The number of rotatable bonds is 1. The molecule has 0 amide bonds. The molecule has 0 aliphatic carbocycles. The smallest absolute Gasteiger partial charge is 0.132 e. The third kappa shape index (κ3) is 2.35. The van der Waals surface area contributed by atoms with Crippen molar-refractivity contribution >= 4 is 45.7 Å². The topological polar surface area (TPSA) is 12.4 Å². The number of benzene rings is 2. The summed E-state index contributed by atoms with van der Waals surface area (Å²) in [4.78, 5) is 3.64. The van der Waals surface area contributed by atoms with Crippen LogP contribution in [0.5, 0.6) is 0 Å². The number of aliphatic imine (C=N–C) groups is 1. The van der Waals surface area contributed by atoms with E-state index in [1.807, 2.05) is 42.5 Å². The molecule has 0 aromatic heterocycles. The Bertz CT molecular complexity index is 681. The van der Waals surface area contributed by atoms with Crippen LogP contribution in [-0.4, -0.2) is 5.17 Å². The van der Waals surface area contributed by atoms with Gasteiger partial charge in [0, 0.05) is 5.02 Å². The van der Waals surface area contributed by atoms with Crippen molar-refractivity contribution in [1.82, 2.24) is 0 Å². The van der Waals surface area contributed by atoms with Gasteiger partial charge in [-0.15, -0.1) is 11.6 Å². The lowest BCUT2D eigenvalue weighted by molar-refractivity contribution is 0.717. The molecule has 0 N–H and O–H groups in total. The summed E-state index contributed by atoms with van der Waals surface area (Å²) in [6.45, 7) is 0. The molecule has 0 saturated heterocycles. The Morgan fingerprint density at radius 3 is 2.45 bits per heavy atom. The molecule has 3 rings (SSSR count). The fraction of sp³-hybridized carbons (Fsp3) is 0.188. The molecule has 2 aromatic carbocycles. The third-order valence-corrected chi connectivity index (χ3v) is 4.98. The molecule has 1 atom stereocenters. The second kappa shape index (κ2) is 5.40. The van der Waals surface area contributed by atoms with Crippen molar-refractivity contribution < 1.29 is 0 Å². The minimum Gasteiger partial charge on any atom is -0.239 e. The molecular weight excluding hydrogens is 313 g/mol. The molecule has 0 bridgehead atoms. The van der Waals surface area contributed by atoms with E-state index in [0.29, 0.717) is 16.6 Å². The quantitative estimate of drug-likeness (QED) is 0.598. The lowest BCUT2D eigenvalue weighted by Gasteiger charge is -2.25. The van der Waals surface area contributed by atoms with E-state index in [4.69, 9.17) is 34.8 Å². The van der Waals surface area contributed by atoms with Crippen molar-refractivity contribution in [3.63, 3.8) is 0 Å². The molecule has 4 heteroatoms. The van der Waals surface area contributed by atoms with Crippen LogP contribution in [0.3, 0.4) is 0 Å².